The van der Waals surface area contributed by atoms with Gasteiger partial charge < -0.3 is 4.74 Å². The molecule has 1 aliphatic heterocycles. The van der Waals surface area contributed by atoms with Crippen molar-refractivity contribution in [3.8, 4) is 5.75 Å². The molecule has 0 unspecified atom stereocenters. The third kappa shape index (κ3) is 4.59. The van der Waals surface area contributed by atoms with Crippen molar-refractivity contribution < 1.29 is 13.2 Å². The van der Waals surface area contributed by atoms with E-state index in [0.29, 0.717) is 17.3 Å². The van der Waals surface area contributed by atoms with Gasteiger partial charge in [0.25, 0.3) is 0 Å². The molecule has 22 heavy (non-hydrogen) atoms. The standard InChI is InChI=1S/C15H23ClN2O3S/c1-11(12-6-7-15(21-2)14(16)9-12)18-8-4-5-13(10-18)17-22(3,19)20/h6-7,9,11,13,17H,4-5,8,10H2,1-3H3/t11-,13+/m1/s1. The number of sulfonamides is 1. The Bertz CT molecular complexity index is 621. The lowest BCUT2D eigenvalue weighted by molar-refractivity contribution is 0.154. The smallest absolute Gasteiger partial charge is 0.208 e. The maximum Gasteiger partial charge on any atom is 0.208 e. The van der Waals surface area contributed by atoms with Crippen LogP contribution in [-0.2, 0) is 10.0 Å². The fourth-order valence-electron chi connectivity index (χ4n) is 2.91. The molecule has 0 saturated carbocycles. The Morgan fingerprint density at radius 2 is 2.18 bits per heavy atom. The summed E-state index contributed by atoms with van der Waals surface area (Å²) in [6, 6.07) is 5.93. The Balaban J connectivity index is 2.08. The van der Waals surface area contributed by atoms with E-state index in [4.69, 9.17) is 16.3 Å². The maximum absolute atomic E-state index is 11.4. The second kappa shape index (κ2) is 7.17. The van der Waals surface area contributed by atoms with Crippen LogP contribution in [0.3, 0.4) is 0 Å². The summed E-state index contributed by atoms with van der Waals surface area (Å²) < 4.78 is 30.7. The molecule has 1 saturated heterocycles. The zero-order valence-corrected chi connectivity index (χ0v) is 14.7. The molecule has 0 aromatic heterocycles. The number of hydrogen-bond acceptors (Lipinski definition) is 4. The Kier molecular flexibility index (Phi) is 5.71. The molecule has 0 aliphatic carbocycles. The van der Waals surface area contributed by atoms with Crippen LogP contribution >= 0.6 is 11.6 Å². The lowest BCUT2D eigenvalue weighted by Crippen LogP contribution is -2.47. The molecule has 1 aliphatic rings. The molecule has 7 heteroatoms. The second-order valence-corrected chi connectivity index (χ2v) is 7.98. The van der Waals surface area contributed by atoms with E-state index in [0.717, 1.165) is 24.9 Å². The molecule has 1 fully saturated rings. The van der Waals surface area contributed by atoms with Crippen molar-refractivity contribution in [3.05, 3.63) is 28.8 Å². The molecule has 0 amide bonds. The third-order valence-corrected chi connectivity index (χ3v) is 5.10. The predicted octanol–water partition coefficient (Wildman–Crippen LogP) is 2.42. The summed E-state index contributed by atoms with van der Waals surface area (Å²) in [6.07, 6.45) is 3.06. The second-order valence-electron chi connectivity index (χ2n) is 5.79. The van der Waals surface area contributed by atoms with Gasteiger partial charge in [0.2, 0.25) is 10.0 Å². The molecular formula is C15H23ClN2O3S. The number of methoxy groups -OCH3 is 1. The van der Waals surface area contributed by atoms with Gasteiger partial charge in [-0.1, -0.05) is 17.7 Å². The highest BCUT2D eigenvalue weighted by atomic mass is 35.5. The van der Waals surface area contributed by atoms with Crippen molar-refractivity contribution >= 4 is 21.6 Å². The molecule has 124 valence electrons. The largest absolute Gasteiger partial charge is 0.495 e. The summed E-state index contributed by atoms with van der Waals surface area (Å²) in [5, 5.41) is 0.592. The first kappa shape index (κ1) is 17.5. The van der Waals surface area contributed by atoms with Crippen molar-refractivity contribution in [2.75, 3.05) is 26.5 Å². The first-order valence-electron chi connectivity index (χ1n) is 7.35. The lowest BCUT2D eigenvalue weighted by atomic mass is 10.0. The van der Waals surface area contributed by atoms with E-state index in [1.165, 1.54) is 6.26 Å². The van der Waals surface area contributed by atoms with Gasteiger partial charge in [0, 0.05) is 18.6 Å². The Hall–Kier alpha value is -0.820. The number of hydrogen-bond donors (Lipinski definition) is 1. The van der Waals surface area contributed by atoms with Gasteiger partial charge >= 0.3 is 0 Å². The Morgan fingerprint density at radius 1 is 1.45 bits per heavy atom. The average molecular weight is 347 g/mol. The normalized spacial score (nSPS) is 21.5. The zero-order chi connectivity index (χ0) is 16.3. The van der Waals surface area contributed by atoms with Crippen LogP contribution in [0, 0.1) is 0 Å². The van der Waals surface area contributed by atoms with Gasteiger partial charge in [-0.2, -0.15) is 0 Å². The molecule has 2 rings (SSSR count). The van der Waals surface area contributed by atoms with E-state index in [1.807, 2.05) is 18.2 Å². The molecule has 5 nitrogen and oxygen atoms in total. The van der Waals surface area contributed by atoms with Crippen molar-refractivity contribution in [3.63, 3.8) is 0 Å². The molecule has 0 radical (unpaired) electrons. The predicted molar refractivity (Wildman–Crippen MR) is 89.0 cm³/mol. The van der Waals surface area contributed by atoms with E-state index in [-0.39, 0.29) is 12.1 Å². The molecule has 0 bridgehead atoms. The number of piperidine rings is 1. The quantitative estimate of drug-likeness (QED) is 0.889. The fourth-order valence-corrected chi connectivity index (χ4v) is 3.97. The minimum atomic E-state index is -3.17. The zero-order valence-electron chi connectivity index (χ0n) is 13.2. The average Bonchev–Trinajstić information content (AvgIpc) is 2.45. The summed E-state index contributed by atoms with van der Waals surface area (Å²) in [5.74, 6) is 0.660. The van der Waals surface area contributed by atoms with Gasteiger partial charge in [0.1, 0.15) is 5.75 Å². The number of halogens is 1. The summed E-state index contributed by atoms with van der Waals surface area (Å²) >= 11 is 6.19. The van der Waals surface area contributed by atoms with Crippen LogP contribution in [0.5, 0.6) is 5.75 Å². The molecule has 0 spiro atoms. The highest BCUT2D eigenvalue weighted by Crippen LogP contribution is 2.31. The van der Waals surface area contributed by atoms with Crippen molar-refractivity contribution in [1.82, 2.24) is 9.62 Å². The summed E-state index contributed by atoms with van der Waals surface area (Å²) in [7, 11) is -1.57. The minimum absolute atomic E-state index is 0.0279. The van der Waals surface area contributed by atoms with Crippen LogP contribution in [0.1, 0.15) is 31.4 Å². The van der Waals surface area contributed by atoms with E-state index in [9.17, 15) is 8.42 Å². The van der Waals surface area contributed by atoms with Crippen LogP contribution in [0.2, 0.25) is 5.02 Å². The van der Waals surface area contributed by atoms with Crippen LogP contribution in [0.25, 0.3) is 0 Å². The topological polar surface area (TPSA) is 58.6 Å². The van der Waals surface area contributed by atoms with Crippen LogP contribution < -0.4 is 9.46 Å². The summed E-state index contributed by atoms with van der Waals surface area (Å²) in [6.45, 7) is 3.77. The summed E-state index contributed by atoms with van der Waals surface area (Å²) in [4.78, 5) is 2.28. The van der Waals surface area contributed by atoms with Crippen molar-refractivity contribution in [2.45, 2.75) is 31.8 Å². The van der Waals surface area contributed by atoms with Gasteiger partial charge in [-0.3, -0.25) is 4.90 Å². The SMILES string of the molecule is COc1ccc([C@@H](C)N2CCC[C@H](NS(C)(=O)=O)C2)cc1Cl. The highest BCUT2D eigenvalue weighted by Gasteiger charge is 2.26. The first-order valence-corrected chi connectivity index (χ1v) is 9.62. The molecule has 2 atom stereocenters. The number of rotatable bonds is 5. The number of nitrogens with one attached hydrogen (secondary N) is 1. The number of nitrogens with zero attached hydrogens (tertiary/aromatic N) is 1. The van der Waals surface area contributed by atoms with Gasteiger partial charge in [-0.15, -0.1) is 0 Å². The van der Waals surface area contributed by atoms with Gasteiger partial charge in [0.15, 0.2) is 0 Å². The molecule has 1 aromatic rings. The number of benzene rings is 1. The number of likely N-dealkylation sites (tertiary alicyclic amines) is 1. The van der Waals surface area contributed by atoms with Gasteiger partial charge in [-0.05, 0) is 44.0 Å². The molecular weight excluding hydrogens is 324 g/mol. The van der Waals surface area contributed by atoms with E-state index in [2.05, 4.69) is 16.5 Å². The minimum Gasteiger partial charge on any atom is -0.495 e. The fraction of sp³-hybridized carbons (Fsp3) is 0.600. The first-order chi connectivity index (χ1) is 10.3. The van der Waals surface area contributed by atoms with Crippen LogP contribution in [-0.4, -0.2) is 45.8 Å². The van der Waals surface area contributed by atoms with E-state index >= 15 is 0 Å². The van der Waals surface area contributed by atoms with E-state index in [1.54, 1.807) is 7.11 Å². The van der Waals surface area contributed by atoms with Crippen LogP contribution in [0.15, 0.2) is 18.2 Å². The monoisotopic (exact) mass is 346 g/mol. The highest BCUT2D eigenvalue weighted by molar-refractivity contribution is 7.88. The van der Waals surface area contributed by atoms with Gasteiger partial charge in [0.05, 0.1) is 18.4 Å². The molecule has 1 N–H and O–H groups in total. The lowest BCUT2D eigenvalue weighted by Gasteiger charge is -2.37. The van der Waals surface area contributed by atoms with Crippen LogP contribution in [0.4, 0.5) is 0 Å². The molecule has 1 aromatic carbocycles. The molecule has 1 heterocycles. The van der Waals surface area contributed by atoms with E-state index < -0.39 is 10.0 Å². The Labute approximate surface area is 137 Å². The third-order valence-electron chi connectivity index (χ3n) is 4.04. The summed E-state index contributed by atoms with van der Waals surface area (Å²) in [5.41, 5.74) is 1.10. The number of ether oxygens (including phenoxy) is 1. The van der Waals surface area contributed by atoms with Crippen molar-refractivity contribution in [1.29, 1.82) is 0 Å². The van der Waals surface area contributed by atoms with Gasteiger partial charge in [-0.25, -0.2) is 13.1 Å². The Morgan fingerprint density at radius 3 is 2.77 bits per heavy atom. The van der Waals surface area contributed by atoms with Crippen molar-refractivity contribution in [2.24, 2.45) is 0 Å². The maximum atomic E-state index is 11.4.